The fourth-order valence-corrected chi connectivity index (χ4v) is 1.37. The van der Waals surface area contributed by atoms with Gasteiger partial charge in [-0.15, -0.1) is 0 Å². The second kappa shape index (κ2) is 3.76. The molecule has 0 atom stereocenters. The Balaban J connectivity index is 3.16. The molecule has 0 aliphatic carbocycles. The molecule has 0 aromatic carbocycles. The van der Waals surface area contributed by atoms with Crippen LogP contribution < -0.4 is 0 Å². The number of halogens is 4. The molecular formula is C8H7Cl2F2N. The molecule has 13 heavy (non-hydrogen) atoms. The van der Waals surface area contributed by atoms with Crippen molar-refractivity contribution < 1.29 is 8.78 Å². The first kappa shape index (κ1) is 10.7. The van der Waals surface area contributed by atoms with Crippen LogP contribution in [-0.4, -0.2) is 4.98 Å². The number of pyridine rings is 1. The number of hydrogen-bond donors (Lipinski definition) is 0. The largest absolute Gasteiger partial charge is 0.290 e. The number of aromatic nitrogens is 1. The molecule has 72 valence electrons. The van der Waals surface area contributed by atoms with Crippen molar-refractivity contribution in [2.45, 2.75) is 19.3 Å². The van der Waals surface area contributed by atoms with Gasteiger partial charge in [-0.1, -0.05) is 30.1 Å². The van der Waals surface area contributed by atoms with E-state index in [9.17, 15) is 8.78 Å². The summed E-state index contributed by atoms with van der Waals surface area (Å²) in [7, 11) is 0. The molecule has 0 saturated carbocycles. The average Bonchev–Trinajstić information content (AvgIpc) is 2.03. The van der Waals surface area contributed by atoms with Gasteiger partial charge in [0.2, 0.25) is 0 Å². The van der Waals surface area contributed by atoms with Crippen molar-refractivity contribution in [3.05, 3.63) is 28.0 Å². The highest BCUT2D eigenvalue weighted by Gasteiger charge is 2.33. The van der Waals surface area contributed by atoms with Gasteiger partial charge in [-0.05, 0) is 6.07 Å². The maximum atomic E-state index is 13.1. The van der Waals surface area contributed by atoms with E-state index in [0.717, 1.165) is 6.20 Å². The van der Waals surface area contributed by atoms with Crippen LogP contribution in [0.4, 0.5) is 8.78 Å². The summed E-state index contributed by atoms with van der Waals surface area (Å²) < 4.78 is 26.2. The third-order valence-corrected chi connectivity index (χ3v) is 2.09. The van der Waals surface area contributed by atoms with Gasteiger partial charge < -0.3 is 0 Å². The maximum absolute atomic E-state index is 13.1. The van der Waals surface area contributed by atoms with Crippen molar-refractivity contribution in [1.29, 1.82) is 0 Å². The molecule has 0 bridgehead atoms. The summed E-state index contributed by atoms with van der Waals surface area (Å²) >= 11 is 11.1. The molecular weight excluding hydrogens is 219 g/mol. The molecule has 0 spiro atoms. The monoisotopic (exact) mass is 225 g/mol. The van der Waals surface area contributed by atoms with E-state index in [0.29, 0.717) is 0 Å². The van der Waals surface area contributed by atoms with Gasteiger partial charge in [0.25, 0.3) is 5.92 Å². The molecule has 1 rings (SSSR count). The summed E-state index contributed by atoms with van der Waals surface area (Å²) in [6.45, 7) is 1.37. The van der Waals surface area contributed by atoms with Gasteiger partial charge in [0.1, 0.15) is 5.69 Å². The predicted molar refractivity (Wildman–Crippen MR) is 48.4 cm³/mol. The van der Waals surface area contributed by atoms with Gasteiger partial charge in [-0.3, -0.25) is 4.98 Å². The van der Waals surface area contributed by atoms with Gasteiger partial charge in [0.05, 0.1) is 10.0 Å². The smallest absolute Gasteiger partial charge is 0.252 e. The van der Waals surface area contributed by atoms with E-state index in [1.807, 2.05) is 0 Å². The summed E-state index contributed by atoms with van der Waals surface area (Å²) in [4.78, 5) is 3.51. The third-order valence-electron chi connectivity index (χ3n) is 1.60. The number of nitrogens with zero attached hydrogens (tertiary/aromatic N) is 1. The van der Waals surface area contributed by atoms with Crippen LogP contribution in [0.2, 0.25) is 10.0 Å². The molecule has 0 aliphatic rings. The molecule has 0 saturated heterocycles. The summed E-state index contributed by atoms with van der Waals surface area (Å²) in [5.41, 5.74) is -0.416. The lowest BCUT2D eigenvalue weighted by atomic mass is 10.2. The molecule has 1 heterocycles. The SMILES string of the molecule is CCC(F)(F)c1ncc(Cl)cc1Cl. The average molecular weight is 226 g/mol. The number of hydrogen-bond acceptors (Lipinski definition) is 1. The van der Waals surface area contributed by atoms with Gasteiger partial charge >= 0.3 is 0 Å². The second-order valence-corrected chi connectivity index (χ2v) is 3.39. The Morgan fingerprint density at radius 3 is 2.54 bits per heavy atom. The molecule has 0 unspecified atom stereocenters. The Bertz CT molecular complexity index is 315. The topological polar surface area (TPSA) is 12.9 Å². The number of rotatable bonds is 2. The standard InChI is InChI=1S/C8H7Cl2F2N/c1-2-8(11,12)7-6(10)3-5(9)4-13-7/h3-4H,2H2,1H3. The Labute approximate surface area is 84.7 Å². The highest BCUT2D eigenvalue weighted by Crippen LogP contribution is 2.35. The van der Waals surface area contributed by atoms with Crippen LogP contribution in [0.5, 0.6) is 0 Å². The van der Waals surface area contributed by atoms with Crippen LogP contribution in [0, 0.1) is 0 Å². The normalized spacial score (nSPS) is 11.8. The van der Waals surface area contributed by atoms with Crippen LogP contribution >= 0.6 is 23.2 Å². The minimum atomic E-state index is -2.98. The first-order valence-electron chi connectivity index (χ1n) is 3.66. The summed E-state index contributed by atoms with van der Waals surface area (Å²) in [6.07, 6.45) is 0.827. The first-order valence-corrected chi connectivity index (χ1v) is 4.42. The van der Waals surface area contributed by atoms with Crippen molar-refractivity contribution in [3.63, 3.8) is 0 Å². The summed E-state index contributed by atoms with van der Waals surface area (Å²) in [5.74, 6) is -2.98. The van der Waals surface area contributed by atoms with E-state index in [-0.39, 0.29) is 16.5 Å². The molecule has 5 heteroatoms. The van der Waals surface area contributed by atoms with Crippen molar-refractivity contribution in [3.8, 4) is 0 Å². The maximum Gasteiger partial charge on any atom is 0.290 e. The summed E-state index contributed by atoms with van der Waals surface area (Å²) in [6, 6.07) is 1.26. The minimum absolute atomic E-state index is 0.0978. The first-order chi connectivity index (χ1) is 5.97. The summed E-state index contributed by atoms with van der Waals surface area (Å²) in [5, 5.41) is 0.153. The molecule has 0 N–H and O–H groups in total. The molecule has 0 radical (unpaired) electrons. The molecule has 0 fully saturated rings. The molecule has 0 aliphatic heterocycles. The highest BCUT2D eigenvalue weighted by atomic mass is 35.5. The Morgan fingerprint density at radius 1 is 1.46 bits per heavy atom. The lowest BCUT2D eigenvalue weighted by molar-refractivity contribution is -0.0126. The fourth-order valence-electron chi connectivity index (χ4n) is 0.851. The highest BCUT2D eigenvalue weighted by molar-refractivity contribution is 6.34. The Hall–Kier alpha value is -0.410. The van der Waals surface area contributed by atoms with Crippen LogP contribution in [0.1, 0.15) is 19.0 Å². The van der Waals surface area contributed by atoms with E-state index in [1.165, 1.54) is 13.0 Å². The zero-order valence-electron chi connectivity index (χ0n) is 6.82. The van der Waals surface area contributed by atoms with Crippen molar-refractivity contribution in [1.82, 2.24) is 4.98 Å². The van der Waals surface area contributed by atoms with Crippen molar-refractivity contribution in [2.75, 3.05) is 0 Å². The van der Waals surface area contributed by atoms with Gasteiger partial charge in [0.15, 0.2) is 0 Å². The molecule has 0 amide bonds. The van der Waals surface area contributed by atoms with Crippen LogP contribution in [0.25, 0.3) is 0 Å². The Morgan fingerprint density at radius 2 is 2.08 bits per heavy atom. The minimum Gasteiger partial charge on any atom is -0.252 e. The quantitative estimate of drug-likeness (QED) is 0.745. The predicted octanol–water partition coefficient (Wildman–Crippen LogP) is 3.89. The van der Waals surface area contributed by atoms with E-state index in [4.69, 9.17) is 23.2 Å². The van der Waals surface area contributed by atoms with Crippen LogP contribution in [0.15, 0.2) is 12.3 Å². The molecule has 1 nitrogen and oxygen atoms in total. The van der Waals surface area contributed by atoms with Crippen LogP contribution in [0.3, 0.4) is 0 Å². The zero-order valence-corrected chi connectivity index (χ0v) is 8.33. The Kier molecular flexibility index (Phi) is 3.09. The third kappa shape index (κ3) is 2.29. The number of alkyl halides is 2. The van der Waals surface area contributed by atoms with Gasteiger partial charge in [0, 0.05) is 12.6 Å². The lowest BCUT2D eigenvalue weighted by Crippen LogP contribution is -2.14. The molecule has 1 aromatic heterocycles. The van der Waals surface area contributed by atoms with Crippen molar-refractivity contribution >= 4 is 23.2 Å². The van der Waals surface area contributed by atoms with E-state index >= 15 is 0 Å². The fraction of sp³-hybridized carbons (Fsp3) is 0.375. The molecule has 1 aromatic rings. The van der Waals surface area contributed by atoms with E-state index in [2.05, 4.69) is 4.98 Å². The zero-order chi connectivity index (χ0) is 10.1. The van der Waals surface area contributed by atoms with E-state index < -0.39 is 11.6 Å². The second-order valence-electron chi connectivity index (χ2n) is 2.54. The van der Waals surface area contributed by atoms with Gasteiger partial charge in [-0.2, -0.15) is 8.78 Å². The van der Waals surface area contributed by atoms with Crippen molar-refractivity contribution in [2.24, 2.45) is 0 Å². The van der Waals surface area contributed by atoms with E-state index in [1.54, 1.807) is 0 Å². The van der Waals surface area contributed by atoms with Crippen LogP contribution in [-0.2, 0) is 5.92 Å². The lowest BCUT2D eigenvalue weighted by Gasteiger charge is -2.14. The van der Waals surface area contributed by atoms with Gasteiger partial charge in [-0.25, -0.2) is 0 Å².